The van der Waals surface area contributed by atoms with Gasteiger partial charge in [0.15, 0.2) is 0 Å². The summed E-state index contributed by atoms with van der Waals surface area (Å²) in [5, 5.41) is 9.52. The average molecular weight is 260 g/mol. The van der Waals surface area contributed by atoms with Crippen LogP contribution in [0.2, 0.25) is 0 Å². The second kappa shape index (κ2) is 5.46. The van der Waals surface area contributed by atoms with E-state index in [-0.39, 0.29) is 0 Å². The number of halogens is 4. The number of nitrogens with one attached hydrogen (secondary N) is 1. The highest BCUT2D eigenvalue weighted by Crippen LogP contribution is 2.23. The average Bonchev–Trinajstić information content (AvgIpc) is 2.15. The molecule has 0 aromatic rings. The molecule has 0 aliphatic rings. The summed E-state index contributed by atoms with van der Waals surface area (Å²) in [7, 11) is 0. The monoisotopic (exact) mass is 260 g/mol. The molecule has 0 aliphatic carbocycles. The summed E-state index contributed by atoms with van der Waals surface area (Å²) in [4.78, 5) is 31.4. The fourth-order valence-corrected chi connectivity index (χ4v) is 0.755. The van der Waals surface area contributed by atoms with E-state index in [0.717, 1.165) is 5.32 Å². The lowest BCUT2D eigenvalue weighted by atomic mass is 10.2. The van der Waals surface area contributed by atoms with Crippen LogP contribution in [0.4, 0.5) is 17.6 Å². The van der Waals surface area contributed by atoms with Gasteiger partial charge in [0.1, 0.15) is 6.04 Å². The van der Waals surface area contributed by atoms with Gasteiger partial charge >= 0.3 is 18.3 Å². The maximum Gasteiger partial charge on any atom is 0.383 e. The molecule has 2 amide bonds. The maximum absolute atomic E-state index is 12.4. The van der Waals surface area contributed by atoms with Crippen molar-refractivity contribution in [2.75, 3.05) is 0 Å². The zero-order valence-electron chi connectivity index (χ0n) is 8.12. The molecule has 0 spiro atoms. The first-order valence-corrected chi connectivity index (χ1v) is 4.07. The second-order valence-corrected chi connectivity index (χ2v) is 2.96. The van der Waals surface area contributed by atoms with Crippen LogP contribution < -0.4 is 11.1 Å². The normalized spacial score (nSPS) is 13.2. The molecule has 10 heteroatoms. The number of carbonyl (C=O) groups is 3. The van der Waals surface area contributed by atoms with Crippen molar-refractivity contribution in [3.63, 3.8) is 0 Å². The first-order chi connectivity index (χ1) is 7.59. The predicted molar refractivity (Wildman–Crippen MR) is 44.3 cm³/mol. The molecule has 0 saturated heterocycles. The molecule has 0 rings (SSSR count). The van der Waals surface area contributed by atoms with Gasteiger partial charge in [-0.05, 0) is 0 Å². The molecule has 4 N–H and O–H groups in total. The Hall–Kier alpha value is -1.87. The van der Waals surface area contributed by atoms with Gasteiger partial charge in [0.25, 0.3) is 5.91 Å². The molecule has 0 radical (unpaired) electrons. The number of hydrogen-bond acceptors (Lipinski definition) is 3. The van der Waals surface area contributed by atoms with Crippen molar-refractivity contribution in [1.82, 2.24) is 5.32 Å². The van der Waals surface area contributed by atoms with E-state index < -0.39 is 42.6 Å². The number of aliphatic carboxylic acids is 1. The van der Waals surface area contributed by atoms with Gasteiger partial charge in [0.05, 0.1) is 6.42 Å². The predicted octanol–water partition coefficient (Wildman–Crippen LogP) is -0.668. The first kappa shape index (κ1) is 15.1. The summed E-state index contributed by atoms with van der Waals surface area (Å²) >= 11 is 0. The van der Waals surface area contributed by atoms with Crippen LogP contribution in [0.5, 0.6) is 0 Å². The van der Waals surface area contributed by atoms with E-state index in [9.17, 15) is 31.9 Å². The van der Waals surface area contributed by atoms with Gasteiger partial charge in [0, 0.05) is 0 Å². The molecule has 0 unspecified atom stereocenters. The van der Waals surface area contributed by atoms with Crippen LogP contribution in [0.3, 0.4) is 0 Å². The van der Waals surface area contributed by atoms with Gasteiger partial charge < -0.3 is 16.2 Å². The Morgan fingerprint density at radius 3 is 2.06 bits per heavy atom. The van der Waals surface area contributed by atoms with E-state index in [1.165, 1.54) is 0 Å². The molecule has 0 aliphatic heterocycles. The number of primary amides is 1. The van der Waals surface area contributed by atoms with Crippen LogP contribution in [0, 0.1) is 0 Å². The van der Waals surface area contributed by atoms with Crippen molar-refractivity contribution < 1.29 is 37.1 Å². The van der Waals surface area contributed by atoms with Gasteiger partial charge in [-0.15, -0.1) is 0 Å². The number of hydrogen-bond donors (Lipinski definition) is 3. The molecule has 1 atom stereocenters. The lowest BCUT2D eigenvalue weighted by Crippen LogP contribution is -2.52. The van der Waals surface area contributed by atoms with Gasteiger partial charge in [-0.1, -0.05) is 0 Å². The fraction of sp³-hybridized carbons (Fsp3) is 0.571. The second-order valence-electron chi connectivity index (χ2n) is 2.96. The highest BCUT2D eigenvalue weighted by Gasteiger charge is 2.49. The van der Waals surface area contributed by atoms with E-state index in [1.54, 1.807) is 0 Å². The third kappa shape index (κ3) is 4.25. The minimum atomic E-state index is -5.04. The Bertz CT molecular complexity index is 334. The first-order valence-electron chi connectivity index (χ1n) is 4.07. The number of carboxylic acids is 1. The SMILES string of the molecule is NC(=O)C[C@@H](NC(=O)C(F)(F)C(F)F)C(=O)O. The van der Waals surface area contributed by atoms with E-state index in [2.05, 4.69) is 5.73 Å². The lowest BCUT2D eigenvalue weighted by Gasteiger charge is -2.18. The summed E-state index contributed by atoms with van der Waals surface area (Å²) in [5.41, 5.74) is 4.59. The van der Waals surface area contributed by atoms with Gasteiger partial charge in [-0.2, -0.15) is 8.78 Å². The Balaban J connectivity index is 4.73. The number of rotatable bonds is 6. The number of nitrogens with two attached hydrogens (primary N) is 1. The smallest absolute Gasteiger partial charge is 0.383 e. The van der Waals surface area contributed by atoms with Crippen LogP contribution in [-0.4, -0.2) is 41.3 Å². The van der Waals surface area contributed by atoms with Crippen molar-refractivity contribution in [3.8, 4) is 0 Å². The summed E-state index contributed by atoms with van der Waals surface area (Å²) in [6.07, 6.45) is -5.27. The van der Waals surface area contributed by atoms with Crippen LogP contribution in [0.1, 0.15) is 6.42 Å². The molecule has 98 valence electrons. The summed E-state index contributed by atoms with van der Waals surface area (Å²) in [5.74, 6) is -10.6. The van der Waals surface area contributed by atoms with Crippen LogP contribution in [0.15, 0.2) is 0 Å². The van der Waals surface area contributed by atoms with Crippen LogP contribution in [0.25, 0.3) is 0 Å². The van der Waals surface area contributed by atoms with Gasteiger partial charge in [0.2, 0.25) is 5.91 Å². The Morgan fingerprint density at radius 1 is 1.29 bits per heavy atom. The van der Waals surface area contributed by atoms with Crippen molar-refractivity contribution in [2.45, 2.75) is 24.8 Å². The van der Waals surface area contributed by atoms with Gasteiger partial charge in [-0.3, -0.25) is 9.59 Å². The highest BCUT2D eigenvalue weighted by atomic mass is 19.3. The molecular formula is C7H8F4N2O4. The largest absolute Gasteiger partial charge is 0.480 e. The third-order valence-electron chi connectivity index (χ3n) is 1.59. The minimum Gasteiger partial charge on any atom is -0.480 e. The quantitative estimate of drug-likeness (QED) is 0.550. The van der Waals surface area contributed by atoms with E-state index >= 15 is 0 Å². The number of amides is 2. The lowest BCUT2D eigenvalue weighted by molar-refractivity contribution is -0.171. The third-order valence-corrected chi connectivity index (χ3v) is 1.59. The van der Waals surface area contributed by atoms with E-state index in [0.29, 0.717) is 0 Å². The molecule has 0 aromatic heterocycles. The topological polar surface area (TPSA) is 109 Å². The summed E-state index contributed by atoms with van der Waals surface area (Å²) in [6.45, 7) is 0. The standard InChI is InChI=1S/C7H8F4N2O4/c8-5(9)7(10,11)6(17)13-2(4(15)16)1-3(12)14/h2,5H,1H2,(H2,12,14)(H,13,17)(H,15,16)/t2-/m1/s1. The molecule has 0 bridgehead atoms. The van der Waals surface area contributed by atoms with E-state index in [1.807, 2.05) is 0 Å². The molecule has 0 heterocycles. The van der Waals surface area contributed by atoms with Crippen LogP contribution in [-0.2, 0) is 14.4 Å². The molecular weight excluding hydrogens is 252 g/mol. The van der Waals surface area contributed by atoms with Crippen molar-refractivity contribution in [3.05, 3.63) is 0 Å². The molecule has 0 saturated carbocycles. The number of carbonyl (C=O) groups excluding carboxylic acids is 2. The van der Waals surface area contributed by atoms with Crippen molar-refractivity contribution in [2.24, 2.45) is 5.73 Å². The van der Waals surface area contributed by atoms with Gasteiger partial charge in [-0.25, -0.2) is 13.6 Å². The zero-order chi connectivity index (χ0) is 13.8. The Kier molecular flexibility index (Phi) is 4.86. The molecule has 6 nitrogen and oxygen atoms in total. The summed E-state index contributed by atoms with van der Waals surface area (Å²) in [6, 6.07) is -2.08. The van der Waals surface area contributed by atoms with E-state index in [4.69, 9.17) is 5.11 Å². The number of carboxylic acid groups (broad SMARTS) is 1. The molecule has 17 heavy (non-hydrogen) atoms. The zero-order valence-corrected chi connectivity index (χ0v) is 8.12. The molecule has 0 fully saturated rings. The minimum absolute atomic E-state index is 0.986. The Labute approximate surface area is 91.8 Å². The summed E-state index contributed by atoms with van der Waals surface area (Å²) < 4.78 is 48.3. The number of alkyl halides is 4. The maximum atomic E-state index is 12.4. The highest BCUT2D eigenvalue weighted by molar-refractivity contribution is 5.91. The fourth-order valence-electron chi connectivity index (χ4n) is 0.755. The van der Waals surface area contributed by atoms with Crippen LogP contribution >= 0.6 is 0 Å². The molecule has 0 aromatic carbocycles. The van der Waals surface area contributed by atoms with Crippen molar-refractivity contribution in [1.29, 1.82) is 0 Å². The Morgan fingerprint density at radius 2 is 1.76 bits per heavy atom. The van der Waals surface area contributed by atoms with Crippen molar-refractivity contribution >= 4 is 17.8 Å².